The van der Waals surface area contributed by atoms with Crippen molar-refractivity contribution in [3.8, 4) is 5.88 Å². The molecule has 1 aliphatic heterocycles. The second-order valence-corrected chi connectivity index (χ2v) is 6.53. The Balaban J connectivity index is 1.50. The number of rotatable bonds is 4. The van der Waals surface area contributed by atoms with Gasteiger partial charge in [-0.1, -0.05) is 30.3 Å². The van der Waals surface area contributed by atoms with Crippen LogP contribution in [0.5, 0.6) is 5.88 Å². The van der Waals surface area contributed by atoms with Crippen molar-refractivity contribution in [1.29, 1.82) is 0 Å². The Hall–Kier alpha value is -2.14. The van der Waals surface area contributed by atoms with E-state index in [9.17, 15) is 4.79 Å². The number of amides is 1. The highest BCUT2D eigenvalue weighted by Gasteiger charge is 2.23. The fourth-order valence-corrected chi connectivity index (χ4v) is 3.00. The average Bonchev–Trinajstić information content (AvgIpc) is 2.63. The van der Waals surface area contributed by atoms with E-state index < -0.39 is 0 Å². The average molecular weight is 387 g/mol. The van der Waals surface area contributed by atoms with Crippen molar-refractivity contribution >= 4 is 27.9 Å². The van der Waals surface area contributed by atoms with Gasteiger partial charge in [-0.15, -0.1) is 0 Å². The van der Waals surface area contributed by atoms with Gasteiger partial charge in [-0.2, -0.15) is 0 Å². The normalized spacial score (nSPS) is 15.6. The predicted molar refractivity (Wildman–Crippen MR) is 97.6 cm³/mol. The molecule has 1 aromatic heterocycles. The van der Waals surface area contributed by atoms with Crippen LogP contribution in [0.3, 0.4) is 0 Å². The van der Waals surface area contributed by atoms with Gasteiger partial charge in [0.05, 0.1) is 4.47 Å². The zero-order chi connectivity index (χ0) is 16.8. The highest BCUT2D eigenvalue weighted by atomic mass is 79.9. The summed E-state index contributed by atoms with van der Waals surface area (Å²) >= 11 is 3.44. The van der Waals surface area contributed by atoms with Gasteiger partial charge < -0.3 is 9.64 Å². The van der Waals surface area contributed by atoms with E-state index in [1.165, 1.54) is 0 Å². The summed E-state index contributed by atoms with van der Waals surface area (Å²) < 4.78 is 6.79. The summed E-state index contributed by atoms with van der Waals surface area (Å²) in [6, 6.07) is 13.6. The van der Waals surface area contributed by atoms with E-state index in [2.05, 4.69) is 20.9 Å². The highest BCUT2D eigenvalue weighted by Crippen LogP contribution is 2.24. The van der Waals surface area contributed by atoms with Gasteiger partial charge in [0.15, 0.2) is 0 Å². The van der Waals surface area contributed by atoms with Crippen molar-refractivity contribution in [2.45, 2.75) is 18.9 Å². The zero-order valence-electron chi connectivity index (χ0n) is 13.3. The van der Waals surface area contributed by atoms with Crippen LogP contribution in [0.2, 0.25) is 0 Å². The van der Waals surface area contributed by atoms with Crippen LogP contribution in [0.1, 0.15) is 18.4 Å². The smallest absolute Gasteiger partial charge is 0.246 e. The number of benzene rings is 1. The van der Waals surface area contributed by atoms with Gasteiger partial charge in [-0.3, -0.25) is 4.79 Å². The number of likely N-dealkylation sites (tertiary alicyclic amines) is 1. The van der Waals surface area contributed by atoms with Crippen molar-refractivity contribution < 1.29 is 9.53 Å². The summed E-state index contributed by atoms with van der Waals surface area (Å²) in [5.74, 6) is 0.669. The zero-order valence-corrected chi connectivity index (χ0v) is 14.9. The van der Waals surface area contributed by atoms with Crippen LogP contribution in [0.15, 0.2) is 59.2 Å². The molecule has 0 spiro atoms. The van der Waals surface area contributed by atoms with Crippen LogP contribution in [-0.2, 0) is 4.79 Å². The number of pyridine rings is 1. The molecule has 2 aromatic rings. The summed E-state index contributed by atoms with van der Waals surface area (Å²) in [5, 5.41) is 0. The maximum Gasteiger partial charge on any atom is 0.246 e. The van der Waals surface area contributed by atoms with Crippen molar-refractivity contribution in [2.24, 2.45) is 0 Å². The standard InChI is InChI=1S/C19H19BrN2O2/c20-17-7-4-12-21-19(17)24-16-10-13-22(14-11-16)18(23)9-8-15-5-2-1-3-6-15/h1-9,12,16H,10-11,13-14H2. The first-order chi connectivity index (χ1) is 11.7. The molecule has 5 heteroatoms. The van der Waals surface area contributed by atoms with Crippen LogP contribution < -0.4 is 4.74 Å². The minimum absolute atomic E-state index is 0.0521. The topological polar surface area (TPSA) is 42.4 Å². The lowest BCUT2D eigenvalue weighted by molar-refractivity contribution is -0.127. The molecule has 4 nitrogen and oxygen atoms in total. The molecular formula is C19H19BrN2O2. The molecule has 124 valence electrons. The Morgan fingerprint density at radius 3 is 2.62 bits per heavy atom. The van der Waals surface area contributed by atoms with Gasteiger partial charge >= 0.3 is 0 Å². The summed E-state index contributed by atoms with van der Waals surface area (Å²) in [4.78, 5) is 18.4. The van der Waals surface area contributed by atoms with Crippen LogP contribution in [0.25, 0.3) is 6.08 Å². The van der Waals surface area contributed by atoms with Crippen molar-refractivity contribution in [3.05, 3.63) is 64.8 Å². The highest BCUT2D eigenvalue weighted by molar-refractivity contribution is 9.10. The van der Waals surface area contributed by atoms with Crippen LogP contribution >= 0.6 is 15.9 Å². The van der Waals surface area contributed by atoms with Gasteiger partial charge in [0.25, 0.3) is 0 Å². The Bertz CT molecular complexity index is 710. The minimum atomic E-state index is 0.0521. The van der Waals surface area contributed by atoms with E-state index in [0.29, 0.717) is 19.0 Å². The first-order valence-corrected chi connectivity index (χ1v) is 8.81. The number of carbonyl (C=O) groups excluding carboxylic acids is 1. The first-order valence-electron chi connectivity index (χ1n) is 8.01. The molecule has 1 aromatic carbocycles. The molecule has 1 saturated heterocycles. The molecule has 0 radical (unpaired) electrons. The van der Waals surface area contributed by atoms with E-state index in [0.717, 1.165) is 22.9 Å². The Morgan fingerprint density at radius 1 is 1.17 bits per heavy atom. The number of halogens is 1. The van der Waals surface area contributed by atoms with Gasteiger partial charge in [-0.25, -0.2) is 4.98 Å². The number of hydrogen-bond donors (Lipinski definition) is 0. The van der Waals surface area contributed by atoms with Crippen LogP contribution in [-0.4, -0.2) is 35.0 Å². The SMILES string of the molecule is O=C(C=Cc1ccccc1)N1CCC(Oc2ncccc2Br)CC1. The summed E-state index contributed by atoms with van der Waals surface area (Å²) in [5.41, 5.74) is 1.03. The molecular weight excluding hydrogens is 368 g/mol. The molecule has 1 aliphatic rings. The quantitative estimate of drug-likeness (QED) is 0.747. The van der Waals surface area contributed by atoms with Gasteiger partial charge in [0.2, 0.25) is 11.8 Å². The lowest BCUT2D eigenvalue weighted by atomic mass is 10.1. The van der Waals surface area contributed by atoms with E-state index in [1.54, 1.807) is 12.3 Å². The molecule has 3 rings (SSSR count). The number of ether oxygens (including phenoxy) is 1. The molecule has 24 heavy (non-hydrogen) atoms. The van der Waals surface area contributed by atoms with Crippen LogP contribution in [0.4, 0.5) is 0 Å². The lowest BCUT2D eigenvalue weighted by Crippen LogP contribution is -2.41. The number of piperidine rings is 1. The van der Waals surface area contributed by atoms with Gasteiger partial charge in [0.1, 0.15) is 6.10 Å². The Kier molecular flexibility index (Phi) is 5.64. The largest absolute Gasteiger partial charge is 0.473 e. The van der Waals surface area contributed by atoms with Gasteiger partial charge in [0, 0.05) is 38.2 Å². The first kappa shape index (κ1) is 16.7. The van der Waals surface area contributed by atoms with E-state index in [4.69, 9.17) is 4.74 Å². The third-order valence-electron chi connectivity index (χ3n) is 3.97. The third kappa shape index (κ3) is 4.45. The molecule has 0 aliphatic carbocycles. The molecule has 1 fully saturated rings. The number of aromatic nitrogens is 1. The second kappa shape index (κ2) is 8.11. The van der Waals surface area contributed by atoms with Crippen molar-refractivity contribution in [1.82, 2.24) is 9.88 Å². The van der Waals surface area contributed by atoms with E-state index >= 15 is 0 Å². The summed E-state index contributed by atoms with van der Waals surface area (Å²) in [6.07, 6.45) is 6.94. The van der Waals surface area contributed by atoms with E-state index in [-0.39, 0.29) is 12.0 Å². The summed E-state index contributed by atoms with van der Waals surface area (Å²) in [6.45, 7) is 1.40. The molecule has 0 N–H and O–H groups in total. The Labute approximate surface area is 150 Å². The Morgan fingerprint density at radius 2 is 1.92 bits per heavy atom. The molecule has 2 heterocycles. The van der Waals surface area contributed by atoms with Crippen molar-refractivity contribution in [3.63, 3.8) is 0 Å². The molecule has 0 unspecified atom stereocenters. The maximum atomic E-state index is 12.3. The molecule has 0 atom stereocenters. The van der Waals surface area contributed by atoms with Crippen LogP contribution in [0, 0.1) is 0 Å². The van der Waals surface area contributed by atoms with Gasteiger partial charge in [-0.05, 0) is 39.7 Å². The number of nitrogens with zero attached hydrogens (tertiary/aromatic N) is 2. The number of hydrogen-bond acceptors (Lipinski definition) is 3. The minimum Gasteiger partial charge on any atom is -0.473 e. The third-order valence-corrected chi connectivity index (χ3v) is 4.58. The monoisotopic (exact) mass is 386 g/mol. The van der Waals surface area contributed by atoms with E-state index in [1.807, 2.05) is 53.4 Å². The van der Waals surface area contributed by atoms with Crippen molar-refractivity contribution in [2.75, 3.05) is 13.1 Å². The molecule has 0 saturated carbocycles. The fourth-order valence-electron chi connectivity index (χ4n) is 2.65. The molecule has 1 amide bonds. The molecule has 0 bridgehead atoms. The maximum absolute atomic E-state index is 12.3. The fraction of sp³-hybridized carbons (Fsp3) is 0.263. The number of carbonyl (C=O) groups is 1. The lowest BCUT2D eigenvalue weighted by Gasteiger charge is -2.31. The second-order valence-electron chi connectivity index (χ2n) is 5.68. The predicted octanol–water partition coefficient (Wildman–Crippen LogP) is 3.93. The summed E-state index contributed by atoms with van der Waals surface area (Å²) in [7, 11) is 0.